The number of nitrogens with zero attached hydrogens (tertiary/aromatic N) is 1. The third-order valence-corrected chi connectivity index (χ3v) is 2.53. The maximum atomic E-state index is 11.6. The van der Waals surface area contributed by atoms with Crippen LogP contribution in [0.5, 0.6) is 11.5 Å². The number of carbonyl (C=O) groups is 1. The molecule has 0 aliphatic heterocycles. The van der Waals surface area contributed by atoms with E-state index in [4.69, 9.17) is 9.47 Å². The average Bonchev–Trinajstić information content (AvgIpc) is 2.50. The van der Waals surface area contributed by atoms with Gasteiger partial charge in [0.1, 0.15) is 11.5 Å². The van der Waals surface area contributed by atoms with Crippen molar-refractivity contribution < 1.29 is 14.3 Å². The highest BCUT2D eigenvalue weighted by molar-refractivity contribution is 5.88. The van der Waals surface area contributed by atoms with Crippen molar-refractivity contribution in [2.24, 2.45) is 0 Å². The van der Waals surface area contributed by atoms with Crippen molar-refractivity contribution in [2.75, 3.05) is 18.7 Å². The van der Waals surface area contributed by atoms with Crippen molar-refractivity contribution >= 4 is 11.7 Å². The van der Waals surface area contributed by atoms with Crippen LogP contribution >= 0.6 is 0 Å². The summed E-state index contributed by atoms with van der Waals surface area (Å²) in [6, 6.07) is 10.3. The number of nitrogens with one attached hydrogen (secondary N) is 2. The zero-order chi connectivity index (χ0) is 14.9. The lowest BCUT2D eigenvalue weighted by atomic mass is 10.3. The molecule has 6 nitrogen and oxygen atoms in total. The number of carbonyl (C=O) groups excluding carboxylic acids is 1. The first-order valence-corrected chi connectivity index (χ1v) is 6.58. The summed E-state index contributed by atoms with van der Waals surface area (Å²) in [5.74, 6) is 1.44. The van der Waals surface area contributed by atoms with Crippen molar-refractivity contribution in [3.63, 3.8) is 0 Å². The van der Waals surface area contributed by atoms with E-state index < -0.39 is 0 Å². The van der Waals surface area contributed by atoms with Gasteiger partial charge in [0, 0.05) is 6.20 Å². The number of aromatic nitrogens is 1. The monoisotopic (exact) mass is 287 g/mol. The number of urea groups is 1. The van der Waals surface area contributed by atoms with E-state index in [2.05, 4.69) is 15.6 Å². The lowest BCUT2D eigenvalue weighted by Crippen LogP contribution is -2.32. The van der Waals surface area contributed by atoms with E-state index in [9.17, 15) is 4.79 Å². The van der Waals surface area contributed by atoms with E-state index in [0.29, 0.717) is 18.0 Å². The minimum absolute atomic E-state index is 0.0695. The van der Waals surface area contributed by atoms with E-state index in [0.717, 1.165) is 5.75 Å². The van der Waals surface area contributed by atoms with Crippen LogP contribution in [0, 0.1) is 0 Å². The number of amides is 2. The highest BCUT2D eigenvalue weighted by Gasteiger charge is 2.01. The standard InChI is InChI=1S/C15H17N3O3/c1-2-20-13-5-7-14(8-6-13)21-11-17-15(19)18-12-4-3-9-16-10-12/h3-10H,2,11H2,1H3,(H2,17,18,19). The van der Waals surface area contributed by atoms with Crippen molar-refractivity contribution in [2.45, 2.75) is 6.92 Å². The molecule has 21 heavy (non-hydrogen) atoms. The second-order valence-corrected chi connectivity index (χ2v) is 4.07. The minimum Gasteiger partial charge on any atom is -0.494 e. The van der Waals surface area contributed by atoms with Gasteiger partial charge < -0.3 is 20.1 Å². The molecule has 2 amide bonds. The molecule has 0 atom stereocenters. The largest absolute Gasteiger partial charge is 0.494 e. The zero-order valence-corrected chi connectivity index (χ0v) is 11.7. The molecule has 2 N–H and O–H groups in total. The van der Waals surface area contributed by atoms with Crippen LogP contribution in [0.2, 0.25) is 0 Å². The summed E-state index contributed by atoms with van der Waals surface area (Å²) in [6.45, 7) is 2.62. The number of benzene rings is 1. The van der Waals surface area contributed by atoms with Crippen LogP contribution < -0.4 is 20.1 Å². The molecule has 0 aliphatic rings. The first-order valence-electron chi connectivity index (χ1n) is 6.58. The molecule has 0 spiro atoms. The fourth-order valence-electron chi connectivity index (χ4n) is 1.60. The van der Waals surface area contributed by atoms with Crippen molar-refractivity contribution in [1.82, 2.24) is 10.3 Å². The number of pyridine rings is 1. The highest BCUT2D eigenvalue weighted by Crippen LogP contribution is 2.17. The third kappa shape index (κ3) is 5.02. The van der Waals surface area contributed by atoms with Gasteiger partial charge in [-0.1, -0.05) is 0 Å². The summed E-state index contributed by atoms with van der Waals surface area (Å²) in [6.07, 6.45) is 3.20. The molecule has 2 aromatic rings. The maximum Gasteiger partial charge on any atom is 0.321 e. The molecular weight excluding hydrogens is 270 g/mol. The number of anilines is 1. The molecule has 6 heteroatoms. The molecule has 0 fully saturated rings. The zero-order valence-electron chi connectivity index (χ0n) is 11.7. The molecule has 2 rings (SSSR count). The SMILES string of the molecule is CCOc1ccc(OCNC(=O)Nc2cccnc2)cc1. The molecule has 0 aliphatic carbocycles. The topological polar surface area (TPSA) is 72.5 Å². The Kier molecular flexibility index (Phi) is 5.40. The second kappa shape index (κ2) is 7.74. The van der Waals surface area contributed by atoms with Gasteiger partial charge in [-0.25, -0.2) is 4.79 Å². The lowest BCUT2D eigenvalue weighted by Gasteiger charge is -2.09. The maximum absolute atomic E-state index is 11.6. The molecule has 0 unspecified atom stereocenters. The van der Waals surface area contributed by atoms with Crippen LogP contribution in [-0.4, -0.2) is 24.4 Å². The highest BCUT2D eigenvalue weighted by atomic mass is 16.5. The van der Waals surface area contributed by atoms with Gasteiger partial charge in [0.2, 0.25) is 0 Å². The predicted molar refractivity (Wildman–Crippen MR) is 79.5 cm³/mol. The average molecular weight is 287 g/mol. The number of hydrogen-bond donors (Lipinski definition) is 2. The Bertz CT molecular complexity index is 558. The number of rotatable bonds is 6. The van der Waals surface area contributed by atoms with E-state index in [1.165, 1.54) is 0 Å². The van der Waals surface area contributed by atoms with Gasteiger partial charge in [0.05, 0.1) is 18.5 Å². The van der Waals surface area contributed by atoms with E-state index >= 15 is 0 Å². The van der Waals surface area contributed by atoms with Crippen molar-refractivity contribution in [3.8, 4) is 11.5 Å². The summed E-state index contributed by atoms with van der Waals surface area (Å²) < 4.78 is 10.7. The lowest BCUT2D eigenvalue weighted by molar-refractivity contribution is 0.234. The summed E-state index contributed by atoms with van der Waals surface area (Å²) in [4.78, 5) is 15.5. The summed E-state index contributed by atoms with van der Waals surface area (Å²) in [7, 11) is 0. The Balaban J connectivity index is 1.72. The first-order chi connectivity index (χ1) is 10.3. The predicted octanol–water partition coefficient (Wildman–Crippen LogP) is 2.64. The molecule has 1 aromatic carbocycles. The van der Waals surface area contributed by atoms with Crippen molar-refractivity contribution in [1.29, 1.82) is 0 Å². The summed E-state index contributed by atoms with van der Waals surface area (Å²) >= 11 is 0. The van der Waals surface area contributed by atoms with E-state index in [-0.39, 0.29) is 12.8 Å². The Morgan fingerprint density at radius 1 is 1.14 bits per heavy atom. The van der Waals surface area contributed by atoms with Crippen LogP contribution in [0.25, 0.3) is 0 Å². The molecule has 1 aromatic heterocycles. The first kappa shape index (κ1) is 14.6. The normalized spacial score (nSPS) is 9.76. The summed E-state index contributed by atoms with van der Waals surface area (Å²) in [5, 5.41) is 5.23. The van der Waals surface area contributed by atoms with Gasteiger partial charge in [-0.15, -0.1) is 0 Å². The van der Waals surface area contributed by atoms with Crippen LogP contribution in [0.3, 0.4) is 0 Å². The minimum atomic E-state index is -0.353. The molecule has 110 valence electrons. The fraction of sp³-hybridized carbons (Fsp3) is 0.200. The Hall–Kier alpha value is -2.76. The van der Waals surface area contributed by atoms with Gasteiger partial charge in [0.15, 0.2) is 6.73 Å². The molecule has 0 saturated carbocycles. The number of hydrogen-bond acceptors (Lipinski definition) is 4. The Morgan fingerprint density at radius 2 is 1.86 bits per heavy atom. The van der Waals surface area contributed by atoms with Crippen LogP contribution in [0.15, 0.2) is 48.8 Å². The van der Waals surface area contributed by atoms with Crippen LogP contribution in [-0.2, 0) is 0 Å². The number of ether oxygens (including phenoxy) is 2. The van der Waals surface area contributed by atoms with Gasteiger partial charge in [0.25, 0.3) is 0 Å². The van der Waals surface area contributed by atoms with Crippen LogP contribution in [0.4, 0.5) is 10.5 Å². The molecule has 1 heterocycles. The fourth-order valence-corrected chi connectivity index (χ4v) is 1.60. The Morgan fingerprint density at radius 3 is 2.48 bits per heavy atom. The van der Waals surface area contributed by atoms with Gasteiger partial charge in [-0.2, -0.15) is 0 Å². The third-order valence-electron chi connectivity index (χ3n) is 2.53. The Labute approximate surface area is 123 Å². The summed E-state index contributed by atoms with van der Waals surface area (Å²) in [5.41, 5.74) is 0.621. The van der Waals surface area contributed by atoms with Crippen molar-refractivity contribution in [3.05, 3.63) is 48.8 Å². The second-order valence-electron chi connectivity index (χ2n) is 4.07. The smallest absolute Gasteiger partial charge is 0.321 e. The molecule has 0 saturated heterocycles. The molecule has 0 radical (unpaired) electrons. The van der Waals surface area contributed by atoms with E-state index in [1.807, 2.05) is 19.1 Å². The molecule has 0 bridgehead atoms. The van der Waals surface area contributed by atoms with Gasteiger partial charge in [-0.3, -0.25) is 4.98 Å². The van der Waals surface area contributed by atoms with Gasteiger partial charge >= 0.3 is 6.03 Å². The van der Waals surface area contributed by atoms with Gasteiger partial charge in [-0.05, 0) is 43.3 Å². The quantitative estimate of drug-likeness (QED) is 0.801. The van der Waals surface area contributed by atoms with E-state index in [1.54, 1.807) is 36.7 Å². The van der Waals surface area contributed by atoms with Crippen LogP contribution in [0.1, 0.15) is 6.92 Å². The molecular formula is C15H17N3O3.